The van der Waals surface area contributed by atoms with Crippen LogP contribution >= 0.6 is 0 Å². The van der Waals surface area contributed by atoms with Gasteiger partial charge in [0.25, 0.3) is 0 Å². The largest absolute Gasteiger partial charge is 0.376 e. The molecule has 6 nitrogen and oxygen atoms in total. The maximum absolute atomic E-state index is 12.0. The summed E-state index contributed by atoms with van der Waals surface area (Å²) in [6, 6.07) is 9.60. The molecule has 0 bridgehead atoms. The number of rotatable bonds is 7. The summed E-state index contributed by atoms with van der Waals surface area (Å²) in [4.78, 5) is 12.0. The fourth-order valence-electron chi connectivity index (χ4n) is 2.68. The summed E-state index contributed by atoms with van der Waals surface area (Å²) in [5, 5.41) is 6.04. The second kappa shape index (κ2) is 8.31. The molecule has 0 aliphatic carbocycles. The molecule has 1 heterocycles. The lowest BCUT2D eigenvalue weighted by atomic mass is 10.1. The topological polar surface area (TPSA) is 78.5 Å². The Morgan fingerprint density at radius 3 is 2.48 bits per heavy atom. The van der Waals surface area contributed by atoms with Crippen molar-refractivity contribution in [1.82, 2.24) is 9.62 Å². The predicted molar refractivity (Wildman–Crippen MR) is 91.7 cm³/mol. The zero-order valence-electron chi connectivity index (χ0n) is 13.5. The van der Waals surface area contributed by atoms with E-state index in [1.54, 1.807) is 4.31 Å². The molecule has 0 atom stereocenters. The summed E-state index contributed by atoms with van der Waals surface area (Å²) in [6.45, 7) is 3.06. The van der Waals surface area contributed by atoms with Gasteiger partial charge in [0.05, 0.1) is 12.3 Å². The average Bonchev–Trinajstić information content (AvgIpc) is 2.54. The van der Waals surface area contributed by atoms with E-state index in [0.29, 0.717) is 32.4 Å². The first kappa shape index (κ1) is 17.7. The number of nitrogens with zero attached hydrogens (tertiary/aromatic N) is 1. The molecule has 1 fully saturated rings. The Hall–Kier alpha value is -1.60. The third kappa shape index (κ3) is 5.51. The van der Waals surface area contributed by atoms with E-state index in [-0.39, 0.29) is 24.2 Å². The minimum atomic E-state index is -3.12. The van der Waals surface area contributed by atoms with E-state index in [0.717, 1.165) is 5.69 Å². The maximum Gasteiger partial charge on any atom is 0.239 e. The van der Waals surface area contributed by atoms with Crippen LogP contribution in [0.25, 0.3) is 0 Å². The molecule has 23 heavy (non-hydrogen) atoms. The molecule has 7 heteroatoms. The summed E-state index contributed by atoms with van der Waals surface area (Å²) in [6.07, 6.45) is 1.96. The van der Waals surface area contributed by atoms with Crippen LogP contribution in [0.15, 0.2) is 30.3 Å². The van der Waals surface area contributed by atoms with Crippen molar-refractivity contribution in [1.29, 1.82) is 0 Å². The monoisotopic (exact) mass is 339 g/mol. The second-order valence-electron chi connectivity index (χ2n) is 5.78. The van der Waals surface area contributed by atoms with Crippen molar-refractivity contribution in [2.75, 3.05) is 30.7 Å². The van der Waals surface area contributed by atoms with Gasteiger partial charge in [-0.2, -0.15) is 0 Å². The first-order chi connectivity index (χ1) is 11.0. The molecule has 1 aromatic carbocycles. The van der Waals surface area contributed by atoms with Crippen LogP contribution in [0.1, 0.15) is 26.2 Å². The van der Waals surface area contributed by atoms with E-state index < -0.39 is 10.0 Å². The van der Waals surface area contributed by atoms with Crippen molar-refractivity contribution in [2.45, 2.75) is 32.2 Å². The molecule has 1 aliphatic rings. The summed E-state index contributed by atoms with van der Waals surface area (Å²) < 4.78 is 25.5. The Labute approximate surface area is 138 Å². The molecule has 0 radical (unpaired) electrons. The molecule has 0 unspecified atom stereocenters. The highest BCUT2D eigenvalue weighted by Crippen LogP contribution is 2.15. The van der Waals surface area contributed by atoms with Crippen LogP contribution in [0.5, 0.6) is 0 Å². The normalized spacial score (nSPS) is 16.9. The number of nitrogens with one attached hydrogen (secondary N) is 2. The number of sulfonamides is 1. The van der Waals surface area contributed by atoms with Gasteiger partial charge >= 0.3 is 0 Å². The molecular formula is C16H25N3O3S. The van der Waals surface area contributed by atoms with Crippen LogP contribution in [0.2, 0.25) is 0 Å². The fourth-order valence-corrected chi connectivity index (χ4v) is 4.22. The van der Waals surface area contributed by atoms with Crippen molar-refractivity contribution in [2.24, 2.45) is 0 Å². The van der Waals surface area contributed by atoms with Gasteiger partial charge < -0.3 is 10.6 Å². The number of carbonyl (C=O) groups is 1. The van der Waals surface area contributed by atoms with E-state index in [1.165, 1.54) is 0 Å². The van der Waals surface area contributed by atoms with E-state index in [1.807, 2.05) is 37.3 Å². The lowest BCUT2D eigenvalue weighted by Crippen LogP contribution is -2.48. The van der Waals surface area contributed by atoms with Crippen molar-refractivity contribution in [3.05, 3.63) is 30.3 Å². The lowest BCUT2D eigenvalue weighted by molar-refractivity contribution is -0.120. The van der Waals surface area contributed by atoms with E-state index in [9.17, 15) is 13.2 Å². The zero-order chi connectivity index (χ0) is 16.7. The minimum absolute atomic E-state index is 0.0492. The van der Waals surface area contributed by atoms with E-state index in [2.05, 4.69) is 10.6 Å². The molecular weight excluding hydrogens is 314 g/mol. The molecule has 0 saturated carbocycles. The van der Waals surface area contributed by atoms with Crippen molar-refractivity contribution in [3.63, 3.8) is 0 Å². The molecule has 2 N–H and O–H groups in total. The first-order valence-electron chi connectivity index (χ1n) is 8.07. The molecule has 1 aromatic rings. The fraction of sp³-hybridized carbons (Fsp3) is 0.562. The van der Waals surface area contributed by atoms with Crippen LogP contribution in [-0.2, 0) is 14.8 Å². The van der Waals surface area contributed by atoms with Gasteiger partial charge in [0.1, 0.15) is 0 Å². The molecule has 1 amide bonds. The van der Waals surface area contributed by atoms with Gasteiger partial charge in [-0.15, -0.1) is 0 Å². The van der Waals surface area contributed by atoms with Gasteiger partial charge in [-0.3, -0.25) is 4.79 Å². The van der Waals surface area contributed by atoms with Crippen LogP contribution in [0.4, 0.5) is 5.69 Å². The van der Waals surface area contributed by atoms with Crippen LogP contribution < -0.4 is 10.6 Å². The minimum Gasteiger partial charge on any atom is -0.376 e. The van der Waals surface area contributed by atoms with E-state index in [4.69, 9.17) is 0 Å². The Balaban J connectivity index is 1.72. The van der Waals surface area contributed by atoms with Gasteiger partial charge in [-0.25, -0.2) is 12.7 Å². The molecule has 0 spiro atoms. The van der Waals surface area contributed by atoms with Crippen molar-refractivity contribution >= 4 is 21.6 Å². The molecule has 2 rings (SSSR count). The van der Waals surface area contributed by atoms with Gasteiger partial charge in [-0.1, -0.05) is 25.1 Å². The quantitative estimate of drug-likeness (QED) is 0.787. The Bertz CT molecular complexity index is 596. The molecule has 1 saturated heterocycles. The van der Waals surface area contributed by atoms with Crippen LogP contribution in [0, 0.1) is 0 Å². The van der Waals surface area contributed by atoms with Gasteiger partial charge in [0.2, 0.25) is 15.9 Å². The summed E-state index contributed by atoms with van der Waals surface area (Å²) >= 11 is 0. The predicted octanol–water partition coefficient (Wildman–Crippen LogP) is 1.42. The van der Waals surface area contributed by atoms with Crippen LogP contribution in [0.3, 0.4) is 0 Å². The number of carbonyl (C=O) groups excluding carboxylic acids is 1. The summed E-state index contributed by atoms with van der Waals surface area (Å²) in [5.74, 6) is 0.133. The summed E-state index contributed by atoms with van der Waals surface area (Å²) in [5.41, 5.74) is 0.906. The van der Waals surface area contributed by atoms with E-state index >= 15 is 0 Å². The smallest absolute Gasteiger partial charge is 0.239 e. The Morgan fingerprint density at radius 2 is 1.87 bits per heavy atom. The number of amides is 1. The first-order valence-corrected chi connectivity index (χ1v) is 9.68. The molecule has 128 valence electrons. The third-order valence-corrected chi connectivity index (χ3v) is 5.98. The molecule has 0 aromatic heterocycles. The number of hydrogen-bond acceptors (Lipinski definition) is 4. The average molecular weight is 339 g/mol. The van der Waals surface area contributed by atoms with Gasteiger partial charge in [0.15, 0.2) is 0 Å². The molecule has 1 aliphatic heterocycles. The third-order valence-electron chi connectivity index (χ3n) is 3.90. The Morgan fingerprint density at radius 1 is 1.22 bits per heavy atom. The number of para-hydroxylation sites is 1. The van der Waals surface area contributed by atoms with Crippen LogP contribution in [-0.4, -0.2) is 50.1 Å². The zero-order valence-corrected chi connectivity index (χ0v) is 14.3. The SMILES string of the molecule is CCCS(=O)(=O)N1CCC(NC(=O)CNc2ccccc2)CC1. The van der Waals surface area contributed by atoms with Crippen molar-refractivity contribution < 1.29 is 13.2 Å². The lowest BCUT2D eigenvalue weighted by Gasteiger charge is -2.31. The van der Waals surface area contributed by atoms with Gasteiger partial charge in [-0.05, 0) is 31.4 Å². The highest BCUT2D eigenvalue weighted by atomic mass is 32.2. The number of hydrogen-bond donors (Lipinski definition) is 2. The number of benzene rings is 1. The Kier molecular flexibility index (Phi) is 6.41. The second-order valence-corrected chi connectivity index (χ2v) is 7.86. The van der Waals surface area contributed by atoms with Crippen molar-refractivity contribution in [3.8, 4) is 0 Å². The highest BCUT2D eigenvalue weighted by Gasteiger charge is 2.27. The van der Waals surface area contributed by atoms with Gasteiger partial charge in [0, 0.05) is 24.8 Å². The highest BCUT2D eigenvalue weighted by molar-refractivity contribution is 7.89. The number of anilines is 1. The number of piperidine rings is 1. The standard InChI is InChI=1S/C16H25N3O3S/c1-2-12-23(21,22)19-10-8-15(9-11-19)18-16(20)13-17-14-6-4-3-5-7-14/h3-7,15,17H,2,8-13H2,1H3,(H,18,20). The maximum atomic E-state index is 12.0. The summed E-state index contributed by atoms with van der Waals surface area (Å²) in [7, 11) is -3.12.